The number of rotatable bonds is 1. The molecule has 5 nitrogen and oxygen atoms in total. The van der Waals surface area contributed by atoms with Gasteiger partial charge in [0.15, 0.2) is 0 Å². The number of fused-ring (bicyclic) bond motifs is 1. The molecule has 3 rings (SSSR count). The Labute approximate surface area is 124 Å². The van der Waals surface area contributed by atoms with Gasteiger partial charge in [-0.15, -0.1) is 0 Å². The highest BCUT2D eigenvalue weighted by atomic mass is 16.3. The van der Waals surface area contributed by atoms with Crippen molar-refractivity contribution in [3.05, 3.63) is 23.5 Å². The van der Waals surface area contributed by atoms with Crippen molar-refractivity contribution < 1.29 is 14.7 Å². The molecule has 0 bridgehead atoms. The molecule has 0 aromatic carbocycles. The molecule has 1 fully saturated rings. The first-order valence-electron chi connectivity index (χ1n) is 7.48. The third kappa shape index (κ3) is 2.29. The van der Waals surface area contributed by atoms with E-state index in [1.165, 1.54) is 4.90 Å². The molecule has 1 aliphatic carbocycles. The number of likely N-dealkylation sites (tertiary alicyclic amines) is 1. The Hall–Kier alpha value is -1.62. The maximum atomic E-state index is 12.4. The van der Waals surface area contributed by atoms with Crippen molar-refractivity contribution in [2.45, 2.75) is 51.7 Å². The van der Waals surface area contributed by atoms with Crippen molar-refractivity contribution in [3.8, 4) is 0 Å². The monoisotopic (exact) mass is 290 g/mol. The number of aliphatic hydroxyl groups is 1. The van der Waals surface area contributed by atoms with Crippen molar-refractivity contribution in [1.29, 1.82) is 0 Å². The first-order chi connectivity index (χ1) is 9.80. The number of nitrogens with zero attached hydrogens (tertiary/aromatic N) is 2. The smallest absolute Gasteiger partial charge is 0.251 e. The number of amides is 2. The van der Waals surface area contributed by atoms with E-state index in [0.29, 0.717) is 12.8 Å². The highest BCUT2D eigenvalue weighted by Crippen LogP contribution is 2.42. The molecular weight excluding hydrogens is 268 g/mol. The number of carbonyl (C=O) groups excluding carboxylic acids is 2. The highest BCUT2D eigenvalue weighted by molar-refractivity contribution is 5.99. The number of hydrogen-bond acceptors (Lipinski definition) is 3. The van der Waals surface area contributed by atoms with Crippen LogP contribution in [0.3, 0.4) is 0 Å². The van der Waals surface area contributed by atoms with Gasteiger partial charge in [0, 0.05) is 30.9 Å². The van der Waals surface area contributed by atoms with E-state index < -0.39 is 6.10 Å². The Kier molecular flexibility index (Phi) is 3.20. The van der Waals surface area contributed by atoms with Crippen molar-refractivity contribution in [2.75, 3.05) is 7.05 Å². The molecule has 2 atom stereocenters. The molecule has 114 valence electrons. The summed E-state index contributed by atoms with van der Waals surface area (Å²) in [6, 6.07) is 1.59. The van der Waals surface area contributed by atoms with E-state index in [4.69, 9.17) is 0 Å². The molecule has 1 N–H and O–H groups in total. The maximum absolute atomic E-state index is 12.4. The molecule has 0 spiro atoms. The first-order valence-corrected chi connectivity index (χ1v) is 7.48. The van der Waals surface area contributed by atoms with E-state index in [2.05, 4.69) is 13.8 Å². The highest BCUT2D eigenvalue weighted by Gasteiger charge is 2.38. The quantitative estimate of drug-likeness (QED) is 0.802. The van der Waals surface area contributed by atoms with E-state index in [1.807, 2.05) is 16.8 Å². The Morgan fingerprint density at radius 3 is 2.76 bits per heavy atom. The number of carbonyl (C=O) groups is 2. The van der Waals surface area contributed by atoms with Gasteiger partial charge in [-0.1, -0.05) is 13.8 Å². The van der Waals surface area contributed by atoms with Crippen molar-refractivity contribution in [3.63, 3.8) is 0 Å². The lowest BCUT2D eigenvalue weighted by atomic mass is 9.75. The van der Waals surface area contributed by atoms with Crippen LogP contribution in [0.2, 0.25) is 0 Å². The summed E-state index contributed by atoms with van der Waals surface area (Å²) in [4.78, 5) is 25.2. The van der Waals surface area contributed by atoms with Crippen LogP contribution < -0.4 is 0 Å². The summed E-state index contributed by atoms with van der Waals surface area (Å²) >= 11 is 0. The number of piperidine rings is 1. The van der Waals surface area contributed by atoms with Gasteiger partial charge in [0.2, 0.25) is 5.91 Å². The Morgan fingerprint density at radius 1 is 1.33 bits per heavy atom. The van der Waals surface area contributed by atoms with Gasteiger partial charge in [-0.05, 0) is 30.7 Å². The molecule has 2 heterocycles. The number of hydrogen-bond donors (Lipinski definition) is 1. The van der Waals surface area contributed by atoms with Crippen molar-refractivity contribution in [2.24, 2.45) is 5.41 Å². The lowest BCUT2D eigenvalue weighted by Crippen LogP contribution is -2.43. The summed E-state index contributed by atoms with van der Waals surface area (Å²) in [6.07, 6.45) is 3.94. The summed E-state index contributed by atoms with van der Waals surface area (Å²) in [5.41, 5.74) is 1.99. The normalized spacial score (nSPS) is 28.7. The van der Waals surface area contributed by atoms with Gasteiger partial charge in [-0.2, -0.15) is 0 Å². The summed E-state index contributed by atoms with van der Waals surface area (Å²) < 4.78 is 1.98. The van der Waals surface area contributed by atoms with Gasteiger partial charge in [0.05, 0.1) is 6.10 Å². The summed E-state index contributed by atoms with van der Waals surface area (Å²) in [5.74, 6) is -0.264. The number of likely N-dealkylation sites (N-methyl/N-ethyl adjacent to an activating group) is 1. The standard InChI is InChI=1S/C16H22N2O3/c1-16(2)8-12-10(13(19)9-16)6-7-18(12)11-4-5-14(20)17(3)15(11)21/h6-7,11,13,19H,4-5,8-9H2,1-3H3. The van der Waals surface area contributed by atoms with Gasteiger partial charge in [-0.3, -0.25) is 14.5 Å². The van der Waals surface area contributed by atoms with Gasteiger partial charge in [0.25, 0.3) is 5.91 Å². The largest absolute Gasteiger partial charge is 0.388 e. The molecule has 1 aromatic rings. The van der Waals surface area contributed by atoms with E-state index >= 15 is 0 Å². The molecule has 2 amide bonds. The van der Waals surface area contributed by atoms with Gasteiger partial charge < -0.3 is 9.67 Å². The van der Waals surface area contributed by atoms with Gasteiger partial charge in [-0.25, -0.2) is 0 Å². The van der Waals surface area contributed by atoms with Crippen LogP contribution in [0.25, 0.3) is 0 Å². The molecule has 1 aliphatic heterocycles. The van der Waals surface area contributed by atoms with Crippen LogP contribution in [-0.4, -0.2) is 33.4 Å². The van der Waals surface area contributed by atoms with E-state index in [1.54, 1.807) is 7.05 Å². The van der Waals surface area contributed by atoms with Crippen molar-refractivity contribution in [1.82, 2.24) is 9.47 Å². The van der Waals surface area contributed by atoms with E-state index in [0.717, 1.165) is 24.1 Å². The zero-order valence-electron chi connectivity index (χ0n) is 12.8. The fourth-order valence-corrected chi connectivity index (χ4v) is 3.60. The van der Waals surface area contributed by atoms with E-state index in [9.17, 15) is 14.7 Å². The molecule has 5 heteroatoms. The summed E-state index contributed by atoms with van der Waals surface area (Å²) in [7, 11) is 1.55. The molecular formula is C16H22N2O3. The van der Waals surface area contributed by atoms with Crippen LogP contribution in [0, 0.1) is 5.41 Å². The zero-order chi connectivity index (χ0) is 15.4. The van der Waals surface area contributed by atoms with Crippen LogP contribution in [0.4, 0.5) is 0 Å². The zero-order valence-corrected chi connectivity index (χ0v) is 12.8. The number of aliphatic hydroxyl groups excluding tert-OH is 1. The SMILES string of the molecule is CN1C(=O)CCC(n2ccc3c2CC(C)(C)CC3O)C1=O. The predicted octanol–water partition coefficient (Wildman–Crippen LogP) is 1.81. The topological polar surface area (TPSA) is 62.5 Å². The Balaban J connectivity index is 1.98. The molecule has 0 radical (unpaired) electrons. The van der Waals surface area contributed by atoms with Crippen LogP contribution in [0.15, 0.2) is 12.3 Å². The lowest BCUT2D eigenvalue weighted by Gasteiger charge is -2.36. The molecule has 2 aliphatic rings. The average molecular weight is 290 g/mol. The fourth-order valence-electron chi connectivity index (χ4n) is 3.60. The average Bonchev–Trinajstić information content (AvgIpc) is 2.79. The lowest BCUT2D eigenvalue weighted by molar-refractivity contribution is -0.149. The minimum absolute atomic E-state index is 0.0158. The van der Waals surface area contributed by atoms with Crippen molar-refractivity contribution >= 4 is 11.8 Å². The minimum atomic E-state index is -0.469. The van der Waals surface area contributed by atoms with Gasteiger partial charge in [0.1, 0.15) is 6.04 Å². The Bertz CT molecular complexity index is 603. The minimum Gasteiger partial charge on any atom is -0.388 e. The molecule has 0 saturated carbocycles. The second kappa shape index (κ2) is 4.70. The summed E-state index contributed by atoms with van der Waals surface area (Å²) in [5, 5.41) is 10.3. The van der Waals surface area contributed by atoms with Crippen LogP contribution in [-0.2, 0) is 16.0 Å². The number of aromatic nitrogens is 1. The van der Waals surface area contributed by atoms with Crippen LogP contribution in [0.1, 0.15) is 56.5 Å². The van der Waals surface area contributed by atoms with Gasteiger partial charge >= 0.3 is 0 Å². The molecule has 1 aromatic heterocycles. The second-order valence-electron chi connectivity index (χ2n) is 7.03. The maximum Gasteiger partial charge on any atom is 0.251 e. The Morgan fingerprint density at radius 2 is 2.05 bits per heavy atom. The third-order valence-corrected chi connectivity index (χ3v) is 4.77. The second-order valence-corrected chi connectivity index (χ2v) is 7.03. The first kappa shape index (κ1) is 14.3. The van der Waals surface area contributed by atoms with E-state index in [-0.39, 0.29) is 23.3 Å². The third-order valence-electron chi connectivity index (χ3n) is 4.77. The number of imide groups is 1. The van der Waals surface area contributed by atoms with Crippen LogP contribution >= 0.6 is 0 Å². The fraction of sp³-hybridized carbons (Fsp3) is 0.625. The van der Waals surface area contributed by atoms with Crippen LogP contribution in [0.5, 0.6) is 0 Å². The molecule has 21 heavy (non-hydrogen) atoms. The molecule has 2 unspecified atom stereocenters. The predicted molar refractivity (Wildman–Crippen MR) is 77.5 cm³/mol. The molecule has 1 saturated heterocycles. The summed E-state index contributed by atoms with van der Waals surface area (Å²) in [6.45, 7) is 4.27.